The Labute approximate surface area is 204 Å². The number of hydrogen-bond donors (Lipinski definition) is 1. The average Bonchev–Trinajstić information content (AvgIpc) is 2.82. The van der Waals surface area contributed by atoms with Gasteiger partial charge in [0.2, 0.25) is 0 Å². The zero-order valence-corrected chi connectivity index (χ0v) is 20.8. The van der Waals surface area contributed by atoms with Gasteiger partial charge in [0.05, 0.1) is 29.8 Å². The van der Waals surface area contributed by atoms with Gasteiger partial charge < -0.3 is 14.6 Å². The van der Waals surface area contributed by atoms with E-state index >= 15 is 0 Å². The van der Waals surface area contributed by atoms with Gasteiger partial charge in [-0.25, -0.2) is 4.98 Å². The Morgan fingerprint density at radius 1 is 1.20 bits per heavy atom. The highest BCUT2D eigenvalue weighted by Gasteiger charge is 2.28. The number of ether oxygens (including phenoxy) is 2. The van der Waals surface area contributed by atoms with Crippen LogP contribution in [-0.2, 0) is 11.2 Å². The number of nitrogens with zero attached hydrogens (tertiary/aromatic N) is 2. The number of pyridine rings is 2. The number of rotatable bonds is 5. The maximum absolute atomic E-state index is 12.1. The van der Waals surface area contributed by atoms with Crippen molar-refractivity contribution in [2.75, 3.05) is 13.2 Å². The molecule has 35 heavy (non-hydrogen) atoms. The van der Waals surface area contributed by atoms with Crippen molar-refractivity contribution in [1.29, 1.82) is 0 Å². The van der Waals surface area contributed by atoms with Crippen molar-refractivity contribution in [1.82, 2.24) is 9.97 Å². The van der Waals surface area contributed by atoms with Crippen molar-refractivity contribution >= 4 is 27.6 Å². The molecule has 1 aliphatic rings. The Morgan fingerprint density at radius 3 is 2.71 bits per heavy atom. The van der Waals surface area contributed by atoms with Crippen LogP contribution >= 0.6 is 0 Å². The van der Waals surface area contributed by atoms with Gasteiger partial charge >= 0.3 is 0 Å². The summed E-state index contributed by atoms with van der Waals surface area (Å²) in [5.74, 6) is 0.748. The highest BCUT2D eigenvalue weighted by Crippen LogP contribution is 2.44. The van der Waals surface area contributed by atoms with Gasteiger partial charge in [-0.15, -0.1) is 0 Å². The van der Waals surface area contributed by atoms with E-state index in [0.29, 0.717) is 12.3 Å². The standard InChI is InChI=1S/C29H30N2O4/c1-16-14-22-19(6-8-21(31-22)17(2)33)27(25(16)24(15-32)35-29(3,4)5)20-7-9-23-26-18(11-13-34-23)10-12-30-28(20)26/h6-10,12,14,24,32H,11,13,15H2,1-5H3/t24-/m0/s1. The van der Waals surface area contributed by atoms with Crippen LogP contribution in [0.4, 0.5) is 0 Å². The Kier molecular flexibility index (Phi) is 5.82. The predicted octanol–water partition coefficient (Wildman–Crippen LogP) is 5.74. The monoisotopic (exact) mass is 470 g/mol. The molecule has 4 aromatic rings. The summed E-state index contributed by atoms with van der Waals surface area (Å²) in [4.78, 5) is 21.5. The van der Waals surface area contributed by atoms with E-state index in [4.69, 9.17) is 14.5 Å². The second kappa shape index (κ2) is 8.70. The molecule has 3 heterocycles. The van der Waals surface area contributed by atoms with Gasteiger partial charge in [-0.1, -0.05) is 0 Å². The van der Waals surface area contributed by atoms with Crippen molar-refractivity contribution in [3.05, 3.63) is 65.0 Å². The first-order valence-electron chi connectivity index (χ1n) is 12.0. The second-order valence-electron chi connectivity index (χ2n) is 10.1. The van der Waals surface area contributed by atoms with Crippen molar-refractivity contribution in [3.63, 3.8) is 0 Å². The molecule has 0 bridgehead atoms. The minimum atomic E-state index is -0.552. The molecule has 180 valence electrons. The molecule has 0 amide bonds. The van der Waals surface area contributed by atoms with Crippen LogP contribution < -0.4 is 4.74 Å². The van der Waals surface area contributed by atoms with E-state index < -0.39 is 11.7 Å². The Bertz CT molecular complexity index is 1460. The number of ketones is 1. The zero-order chi connectivity index (χ0) is 24.9. The number of carbonyl (C=O) groups excluding carboxylic acids is 1. The number of benzene rings is 2. The van der Waals surface area contributed by atoms with Crippen LogP contribution in [0.5, 0.6) is 5.75 Å². The van der Waals surface area contributed by atoms with E-state index in [-0.39, 0.29) is 12.4 Å². The molecule has 0 spiro atoms. The maximum Gasteiger partial charge on any atom is 0.178 e. The molecule has 5 rings (SSSR count). The number of aromatic nitrogens is 2. The van der Waals surface area contributed by atoms with Crippen LogP contribution in [0.25, 0.3) is 32.9 Å². The van der Waals surface area contributed by atoms with E-state index in [1.807, 2.05) is 64.2 Å². The normalized spacial score (nSPS) is 14.2. The third-order valence-corrected chi connectivity index (χ3v) is 6.42. The Morgan fingerprint density at radius 2 is 2.00 bits per heavy atom. The Balaban J connectivity index is 1.89. The molecule has 0 radical (unpaired) electrons. The van der Waals surface area contributed by atoms with Gasteiger partial charge in [-0.2, -0.15) is 0 Å². The lowest BCUT2D eigenvalue weighted by Gasteiger charge is -2.30. The van der Waals surface area contributed by atoms with Gasteiger partial charge in [0.25, 0.3) is 0 Å². The fourth-order valence-corrected chi connectivity index (χ4v) is 5.04. The van der Waals surface area contributed by atoms with Gasteiger partial charge in [0.1, 0.15) is 17.5 Å². The molecule has 0 unspecified atom stereocenters. The first-order valence-corrected chi connectivity index (χ1v) is 12.0. The summed E-state index contributed by atoms with van der Waals surface area (Å²) >= 11 is 0. The van der Waals surface area contributed by atoms with Gasteiger partial charge in [-0.3, -0.25) is 9.78 Å². The smallest absolute Gasteiger partial charge is 0.178 e. The second-order valence-corrected chi connectivity index (χ2v) is 10.1. The lowest BCUT2D eigenvalue weighted by molar-refractivity contribution is -0.0821. The minimum Gasteiger partial charge on any atom is -0.493 e. The fourth-order valence-electron chi connectivity index (χ4n) is 5.04. The molecule has 0 saturated heterocycles. The van der Waals surface area contributed by atoms with Gasteiger partial charge in [0, 0.05) is 35.9 Å². The summed E-state index contributed by atoms with van der Waals surface area (Å²) < 4.78 is 12.3. The Hall–Kier alpha value is -3.35. The van der Waals surface area contributed by atoms with Crippen LogP contribution in [0, 0.1) is 6.92 Å². The van der Waals surface area contributed by atoms with Crippen molar-refractivity contribution in [2.45, 2.75) is 52.7 Å². The molecule has 1 atom stereocenters. The summed E-state index contributed by atoms with van der Waals surface area (Å²) in [5, 5.41) is 12.4. The van der Waals surface area contributed by atoms with E-state index in [1.54, 1.807) is 6.07 Å². The summed E-state index contributed by atoms with van der Waals surface area (Å²) in [5.41, 5.74) is 6.39. The van der Waals surface area contributed by atoms with E-state index in [9.17, 15) is 9.90 Å². The zero-order valence-electron chi connectivity index (χ0n) is 20.8. The van der Waals surface area contributed by atoms with Crippen molar-refractivity contribution in [2.24, 2.45) is 0 Å². The quantitative estimate of drug-likeness (QED) is 0.374. The maximum atomic E-state index is 12.1. The highest BCUT2D eigenvalue weighted by atomic mass is 16.5. The molecule has 2 aromatic carbocycles. The summed E-state index contributed by atoms with van der Waals surface area (Å²) in [6, 6.07) is 11.7. The highest BCUT2D eigenvalue weighted by molar-refractivity contribution is 6.08. The number of aliphatic hydroxyl groups is 1. The van der Waals surface area contributed by atoms with Gasteiger partial charge in [0.15, 0.2) is 5.78 Å². The third-order valence-electron chi connectivity index (χ3n) is 6.42. The SMILES string of the molecule is CC(=O)c1ccc2c(-c3ccc4c5c(ccnc35)CCO4)c([C@H](CO)OC(C)(C)C)c(C)cc2n1. The van der Waals surface area contributed by atoms with E-state index in [1.165, 1.54) is 12.5 Å². The molecular weight excluding hydrogens is 440 g/mol. The molecular formula is C29H30N2O4. The summed E-state index contributed by atoms with van der Waals surface area (Å²) in [7, 11) is 0. The lowest BCUT2D eigenvalue weighted by Crippen LogP contribution is -2.25. The molecule has 6 heteroatoms. The molecule has 6 nitrogen and oxygen atoms in total. The van der Waals surface area contributed by atoms with Crippen LogP contribution in [0.15, 0.2) is 42.6 Å². The largest absolute Gasteiger partial charge is 0.493 e. The van der Waals surface area contributed by atoms with Crippen LogP contribution in [0.3, 0.4) is 0 Å². The van der Waals surface area contributed by atoms with Crippen molar-refractivity contribution in [3.8, 4) is 16.9 Å². The minimum absolute atomic E-state index is 0.0834. The summed E-state index contributed by atoms with van der Waals surface area (Å²) in [6.45, 7) is 9.93. The molecule has 0 fully saturated rings. The fraction of sp³-hybridized carbons (Fsp3) is 0.345. The van der Waals surface area contributed by atoms with Gasteiger partial charge in [-0.05, 0) is 86.3 Å². The number of aliphatic hydroxyl groups excluding tert-OH is 1. The molecule has 0 saturated carbocycles. The number of fused-ring (bicyclic) bond motifs is 1. The topological polar surface area (TPSA) is 81.5 Å². The number of Topliss-reactive ketones (excluding diaryl/α,β-unsaturated/α-hetero) is 1. The van der Waals surface area contributed by atoms with Crippen LogP contribution in [0.2, 0.25) is 0 Å². The average molecular weight is 471 g/mol. The first-order chi connectivity index (χ1) is 16.7. The predicted molar refractivity (Wildman–Crippen MR) is 137 cm³/mol. The number of carbonyl (C=O) groups is 1. The molecule has 1 aliphatic heterocycles. The van der Waals surface area contributed by atoms with E-state index in [0.717, 1.165) is 56.2 Å². The molecule has 2 aromatic heterocycles. The molecule has 0 aliphatic carbocycles. The lowest BCUT2D eigenvalue weighted by atomic mass is 9.86. The third kappa shape index (κ3) is 4.17. The van der Waals surface area contributed by atoms with Crippen molar-refractivity contribution < 1.29 is 19.4 Å². The number of hydrogen-bond acceptors (Lipinski definition) is 6. The first kappa shape index (κ1) is 23.4. The van der Waals surface area contributed by atoms with E-state index in [2.05, 4.69) is 4.98 Å². The molecule has 1 N–H and O–H groups in total. The summed E-state index contributed by atoms with van der Waals surface area (Å²) in [6.07, 6.45) is 2.12. The van der Waals surface area contributed by atoms with Crippen LogP contribution in [0.1, 0.15) is 61.0 Å². The number of aryl methyl sites for hydroxylation is 1. The van der Waals surface area contributed by atoms with Crippen LogP contribution in [-0.4, -0.2) is 39.7 Å².